The molecule has 10 nitrogen and oxygen atoms in total. The lowest BCUT2D eigenvalue weighted by Crippen LogP contribution is -2.68. The zero-order chi connectivity index (χ0) is 27.4. The first-order valence-corrected chi connectivity index (χ1v) is 13.1. The molecule has 0 radical (unpaired) electrons. The molecule has 37 heavy (non-hydrogen) atoms. The number of carbonyl (C=O) groups is 2. The van der Waals surface area contributed by atoms with Crippen LogP contribution >= 0.6 is 0 Å². The SMILES string of the molecule is CCOC(=O)CNS(=O)(=O)N1CC(C(=O)Nc2ccc(C)nc2OC(F)F)(c2ccccc2C(C)C)C1. The van der Waals surface area contributed by atoms with Gasteiger partial charge in [0.25, 0.3) is 10.2 Å². The summed E-state index contributed by atoms with van der Waals surface area (Å²) in [5.74, 6) is -1.79. The van der Waals surface area contributed by atoms with Crippen molar-refractivity contribution in [2.45, 2.75) is 45.6 Å². The summed E-state index contributed by atoms with van der Waals surface area (Å²) in [7, 11) is -4.12. The number of hydrogen-bond donors (Lipinski definition) is 2. The van der Waals surface area contributed by atoms with Gasteiger partial charge in [-0.3, -0.25) is 9.59 Å². The zero-order valence-electron chi connectivity index (χ0n) is 21.0. The summed E-state index contributed by atoms with van der Waals surface area (Å²) in [6.45, 7) is 2.97. The number of ether oxygens (including phenoxy) is 2. The van der Waals surface area contributed by atoms with Crippen LogP contribution in [-0.4, -0.2) is 62.4 Å². The van der Waals surface area contributed by atoms with Crippen LogP contribution in [0.5, 0.6) is 5.88 Å². The Morgan fingerprint density at radius 2 is 1.84 bits per heavy atom. The lowest BCUT2D eigenvalue weighted by molar-refractivity contribution is -0.141. The lowest BCUT2D eigenvalue weighted by atomic mass is 9.71. The second-order valence-electron chi connectivity index (χ2n) is 8.86. The van der Waals surface area contributed by atoms with Crippen molar-refractivity contribution in [1.82, 2.24) is 14.0 Å². The smallest absolute Gasteiger partial charge is 0.388 e. The van der Waals surface area contributed by atoms with Crippen molar-refractivity contribution in [2.75, 3.05) is 31.6 Å². The van der Waals surface area contributed by atoms with E-state index in [0.717, 1.165) is 9.87 Å². The number of aromatic nitrogens is 1. The number of aryl methyl sites for hydroxylation is 1. The molecule has 2 N–H and O–H groups in total. The summed E-state index contributed by atoms with van der Waals surface area (Å²) in [4.78, 5) is 29.3. The van der Waals surface area contributed by atoms with Gasteiger partial charge in [-0.2, -0.15) is 26.2 Å². The Balaban J connectivity index is 1.94. The van der Waals surface area contributed by atoms with Crippen molar-refractivity contribution in [2.24, 2.45) is 0 Å². The summed E-state index contributed by atoms with van der Waals surface area (Å²) in [5, 5.41) is 2.61. The van der Waals surface area contributed by atoms with E-state index >= 15 is 0 Å². The van der Waals surface area contributed by atoms with Crippen LogP contribution in [0.25, 0.3) is 0 Å². The molecular formula is C24H30F2N4O6S. The van der Waals surface area contributed by atoms with Crippen molar-refractivity contribution in [3.8, 4) is 5.88 Å². The van der Waals surface area contributed by atoms with Crippen molar-refractivity contribution in [3.05, 3.63) is 53.2 Å². The maximum Gasteiger partial charge on any atom is 0.388 e. The van der Waals surface area contributed by atoms with Crippen LogP contribution in [0.4, 0.5) is 14.5 Å². The molecule has 0 bridgehead atoms. The third-order valence-electron chi connectivity index (χ3n) is 5.92. The molecule has 1 amide bonds. The molecule has 1 aliphatic heterocycles. The van der Waals surface area contributed by atoms with Crippen LogP contribution in [-0.2, 0) is 30.0 Å². The van der Waals surface area contributed by atoms with Crippen LogP contribution in [0.3, 0.4) is 0 Å². The second-order valence-corrected chi connectivity index (χ2v) is 10.6. The summed E-state index contributed by atoms with van der Waals surface area (Å²) >= 11 is 0. The number of anilines is 1. The minimum Gasteiger partial charge on any atom is -0.465 e. The number of nitrogens with one attached hydrogen (secondary N) is 2. The van der Waals surface area contributed by atoms with E-state index in [2.05, 4.69) is 19.8 Å². The Morgan fingerprint density at radius 3 is 2.46 bits per heavy atom. The third kappa shape index (κ3) is 6.40. The van der Waals surface area contributed by atoms with Crippen LogP contribution in [0.2, 0.25) is 0 Å². The molecule has 2 heterocycles. The van der Waals surface area contributed by atoms with Gasteiger partial charge in [0.1, 0.15) is 17.6 Å². The van der Waals surface area contributed by atoms with E-state index in [1.807, 2.05) is 26.0 Å². The molecule has 3 rings (SSSR count). The number of nitrogens with zero attached hydrogens (tertiary/aromatic N) is 2. The Hall–Kier alpha value is -3.16. The molecule has 0 saturated carbocycles. The van der Waals surface area contributed by atoms with Gasteiger partial charge in [-0.15, -0.1) is 0 Å². The average Bonchev–Trinajstić information content (AvgIpc) is 2.79. The van der Waals surface area contributed by atoms with Crippen LogP contribution in [0.15, 0.2) is 36.4 Å². The average molecular weight is 541 g/mol. The highest BCUT2D eigenvalue weighted by atomic mass is 32.2. The number of amides is 1. The predicted molar refractivity (Wildman–Crippen MR) is 132 cm³/mol. The number of rotatable bonds is 11. The van der Waals surface area contributed by atoms with Crippen LogP contribution < -0.4 is 14.8 Å². The Morgan fingerprint density at radius 1 is 1.16 bits per heavy atom. The maximum atomic E-state index is 13.7. The van der Waals surface area contributed by atoms with Crippen LogP contribution in [0, 0.1) is 6.92 Å². The first kappa shape index (κ1) is 28.4. The molecule has 1 fully saturated rings. The number of hydrogen-bond acceptors (Lipinski definition) is 7. The highest BCUT2D eigenvalue weighted by Gasteiger charge is 2.55. The topological polar surface area (TPSA) is 127 Å². The predicted octanol–water partition coefficient (Wildman–Crippen LogP) is 2.70. The molecule has 1 saturated heterocycles. The number of pyridine rings is 1. The fourth-order valence-electron chi connectivity index (χ4n) is 4.10. The third-order valence-corrected chi connectivity index (χ3v) is 7.37. The number of carbonyl (C=O) groups excluding carboxylic acids is 2. The quantitative estimate of drug-likeness (QED) is 0.420. The first-order valence-electron chi connectivity index (χ1n) is 11.6. The summed E-state index contributed by atoms with van der Waals surface area (Å²) < 4.78 is 64.0. The number of esters is 1. The normalized spacial score (nSPS) is 15.4. The fourth-order valence-corrected chi connectivity index (χ4v) is 5.36. The summed E-state index contributed by atoms with van der Waals surface area (Å²) in [5.41, 5.74) is 0.434. The molecule has 0 aliphatic carbocycles. The minimum atomic E-state index is -4.12. The minimum absolute atomic E-state index is 0.00670. The van der Waals surface area contributed by atoms with Gasteiger partial charge in [0.2, 0.25) is 11.8 Å². The molecule has 0 atom stereocenters. The number of benzene rings is 1. The summed E-state index contributed by atoms with van der Waals surface area (Å²) in [6, 6.07) is 10.1. The molecule has 0 unspecified atom stereocenters. The molecule has 13 heteroatoms. The second kappa shape index (κ2) is 11.5. The van der Waals surface area contributed by atoms with E-state index in [1.165, 1.54) is 12.1 Å². The molecule has 1 aromatic carbocycles. The van der Waals surface area contributed by atoms with Gasteiger partial charge in [-0.25, -0.2) is 4.98 Å². The fraction of sp³-hybridized carbons (Fsp3) is 0.458. The standard InChI is InChI=1S/C24H30F2N4O6S/c1-5-35-20(31)12-27-37(33,34)30-13-24(14-30,18-9-7-6-8-17(18)15(2)3)22(32)29-19-11-10-16(4)28-21(19)36-23(25)26/h6-11,15,23,27H,5,12-14H2,1-4H3,(H,29,32). The van der Waals surface area contributed by atoms with Gasteiger partial charge >= 0.3 is 12.6 Å². The number of halogens is 2. The van der Waals surface area contributed by atoms with Crippen molar-refractivity contribution < 1.29 is 36.3 Å². The molecule has 1 aromatic heterocycles. The van der Waals surface area contributed by atoms with Gasteiger partial charge < -0.3 is 14.8 Å². The molecule has 0 spiro atoms. The van der Waals surface area contributed by atoms with Crippen LogP contribution in [0.1, 0.15) is 43.5 Å². The van der Waals surface area contributed by atoms with E-state index in [9.17, 15) is 26.8 Å². The van der Waals surface area contributed by atoms with Gasteiger partial charge in [-0.1, -0.05) is 38.1 Å². The molecule has 202 valence electrons. The highest BCUT2D eigenvalue weighted by Crippen LogP contribution is 2.41. The molecule has 1 aliphatic rings. The van der Waals surface area contributed by atoms with Gasteiger partial charge in [0, 0.05) is 18.8 Å². The lowest BCUT2D eigenvalue weighted by Gasteiger charge is -2.48. The summed E-state index contributed by atoms with van der Waals surface area (Å²) in [6.07, 6.45) is 0. The van der Waals surface area contributed by atoms with Gasteiger partial charge in [-0.05, 0) is 43.0 Å². The van der Waals surface area contributed by atoms with Gasteiger partial charge in [0.05, 0.1) is 6.61 Å². The maximum absolute atomic E-state index is 13.7. The van der Waals surface area contributed by atoms with Crippen molar-refractivity contribution >= 4 is 27.8 Å². The zero-order valence-corrected chi connectivity index (χ0v) is 21.8. The first-order chi connectivity index (χ1) is 17.4. The molecule has 2 aromatic rings. The van der Waals surface area contributed by atoms with Crippen molar-refractivity contribution in [1.29, 1.82) is 0 Å². The van der Waals surface area contributed by atoms with E-state index in [0.29, 0.717) is 11.3 Å². The largest absolute Gasteiger partial charge is 0.465 e. The van der Waals surface area contributed by atoms with Gasteiger partial charge in [0.15, 0.2) is 0 Å². The van der Waals surface area contributed by atoms with Crippen molar-refractivity contribution in [3.63, 3.8) is 0 Å². The Kier molecular flexibility index (Phi) is 8.82. The molecular weight excluding hydrogens is 510 g/mol. The van der Waals surface area contributed by atoms with E-state index < -0.39 is 46.5 Å². The van der Waals surface area contributed by atoms with E-state index in [1.54, 1.807) is 26.0 Å². The van der Waals surface area contributed by atoms with E-state index in [4.69, 9.17) is 4.74 Å². The highest BCUT2D eigenvalue weighted by molar-refractivity contribution is 7.87. The van der Waals surface area contributed by atoms with E-state index in [-0.39, 0.29) is 31.3 Å². The number of alkyl halides is 2. The Bertz CT molecular complexity index is 1250. The monoisotopic (exact) mass is 540 g/mol. The Labute approximate surface area is 214 Å².